The third-order valence-electron chi connectivity index (χ3n) is 0.831. The minimum absolute atomic E-state index is 1.11. The number of allylic oxidation sites excluding steroid dienone is 1. The van der Waals surface area contributed by atoms with Crippen LogP contribution in [0.15, 0.2) is 15.4 Å². The molecule has 0 atom stereocenters. The van der Waals surface area contributed by atoms with E-state index >= 15 is 0 Å². The average Bonchev–Trinajstić information content (AvgIpc) is 1.68. The molecule has 0 radical (unpaired) electrons. The van der Waals surface area contributed by atoms with E-state index < -0.39 is 0 Å². The fourth-order valence-corrected chi connectivity index (χ4v) is 0.727. The molecular formula is C6H9I. The van der Waals surface area contributed by atoms with Crippen LogP contribution in [-0.2, 0) is 0 Å². The minimum Gasteiger partial charge on any atom is -0.115 e. The molecule has 0 aliphatic rings. The van der Waals surface area contributed by atoms with Crippen LogP contribution in [0.25, 0.3) is 0 Å². The summed E-state index contributed by atoms with van der Waals surface area (Å²) in [7, 11) is 0. The topological polar surface area (TPSA) is 0 Å². The van der Waals surface area contributed by atoms with Gasteiger partial charge in [0.05, 0.1) is 0 Å². The van der Waals surface area contributed by atoms with E-state index in [0.29, 0.717) is 0 Å². The van der Waals surface area contributed by atoms with Crippen LogP contribution < -0.4 is 0 Å². The quantitative estimate of drug-likeness (QED) is 0.459. The Morgan fingerprint density at radius 3 is 2.57 bits per heavy atom. The molecule has 0 rings (SSSR count). The van der Waals surface area contributed by atoms with Crippen LogP contribution >= 0.6 is 22.6 Å². The van der Waals surface area contributed by atoms with Gasteiger partial charge in [-0.25, -0.2) is 0 Å². The second-order valence-corrected chi connectivity index (χ2v) is 2.01. The van der Waals surface area contributed by atoms with Crippen LogP contribution in [-0.4, -0.2) is 0 Å². The third-order valence-corrected chi connectivity index (χ3v) is 1.14. The zero-order chi connectivity index (χ0) is 5.70. The van der Waals surface area contributed by atoms with Crippen LogP contribution in [0.5, 0.6) is 0 Å². The first-order chi connectivity index (χ1) is 3.31. The summed E-state index contributed by atoms with van der Waals surface area (Å²) < 4.78 is 1.91. The highest BCUT2D eigenvalue weighted by atomic mass is 127. The van der Waals surface area contributed by atoms with Crippen molar-refractivity contribution in [3.8, 4) is 0 Å². The molecule has 0 nitrogen and oxygen atoms in total. The van der Waals surface area contributed by atoms with Crippen molar-refractivity contribution in [3.05, 3.63) is 15.4 Å². The smallest absolute Gasteiger partial charge is 0.0186 e. The van der Waals surface area contributed by atoms with E-state index in [4.69, 9.17) is 0 Å². The Balaban J connectivity index is 3.74. The molecule has 1 heteroatoms. The maximum absolute atomic E-state index is 3.07. The summed E-state index contributed by atoms with van der Waals surface area (Å²) in [5.74, 6) is 0. The number of hydrogen-bond acceptors (Lipinski definition) is 0. The van der Waals surface area contributed by atoms with E-state index in [-0.39, 0.29) is 0 Å². The van der Waals surface area contributed by atoms with Crippen molar-refractivity contribution in [2.24, 2.45) is 0 Å². The van der Waals surface area contributed by atoms with Crippen molar-refractivity contribution < 1.29 is 0 Å². The van der Waals surface area contributed by atoms with Gasteiger partial charge < -0.3 is 0 Å². The van der Waals surface area contributed by atoms with Gasteiger partial charge >= 0.3 is 0 Å². The fourth-order valence-electron chi connectivity index (χ4n) is 0.195. The predicted molar refractivity (Wildman–Crippen MR) is 41.6 cm³/mol. The maximum Gasteiger partial charge on any atom is 0.0186 e. The molecule has 40 valence electrons. The van der Waals surface area contributed by atoms with Crippen molar-refractivity contribution in [3.63, 3.8) is 0 Å². The van der Waals surface area contributed by atoms with Crippen LogP contribution in [0.1, 0.15) is 20.3 Å². The standard InChI is InChI=1S/C6H9I/c1-3-6(2)4-5-7/h5H,3H2,1-2H3. The van der Waals surface area contributed by atoms with E-state index in [1.54, 1.807) is 0 Å². The van der Waals surface area contributed by atoms with Gasteiger partial charge in [0.15, 0.2) is 0 Å². The Hall–Kier alpha value is 0.250. The molecule has 0 unspecified atom stereocenters. The second-order valence-electron chi connectivity index (χ2n) is 1.39. The van der Waals surface area contributed by atoms with Crippen LogP contribution in [0.4, 0.5) is 0 Å². The largest absolute Gasteiger partial charge is 0.115 e. The van der Waals surface area contributed by atoms with Crippen LogP contribution in [0, 0.1) is 0 Å². The van der Waals surface area contributed by atoms with E-state index in [1.807, 2.05) is 4.08 Å². The molecule has 0 heterocycles. The van der Waals surface area contributed by atoms with Crippen molar-refractivity contribution in [2.75, 3.05) is 0 Å². The van der Waals surface area contributed by atoms with Gasteiger partial charge in [0, 0.05) is 4.08 Å². The number of hydrogen-bond donors (Lipinski definition) is 0. The molecular weight excluding hydrogens is 199 g/mol. The van der Waals surface area contributed by atoms with Gasteiger partial charge in [0.1, 0.15) is 0 Å². The van der Waals surface area contributed by atoms with Crippen molar-refractivity contribution in [2.45, 2.75) is 20.3 Å². The van der Waals surface area contributed by atoms with E-state index in [0.717, 1.165) is 6.42 Å². The van der Waals surface area contributed by atoms with Gasteiger partial charge in [-0.1, -0.05) is 6.92 Å². The van der Waals surface area contributed by atoms with Gasteiger partial charge in [-0.15, -0.1) is 5.73 Å². The van der Waals surface area contributed by atoms with Crippen LogP contribution in [0.2, 0.25) is 0 Å². The molecule has 0 spiro atoms. The summed E-state index contributed by atoms with van der Waals surface area (Å²) in [6.07, 6.45) is 1.11. The zero-order valence-electron chi connectivity index (χ0n) is 4.66. The highest BCUT2D eigenvalue weighted by Gasteiger charge is 1.73. The number of halogens is 1. The molecule has 0 aliphatic carbocycles. The highest BCUT2D eigenvalue weighted by Crippen LogP contribution is 1.94. The fraction of sp³-hybridized carbons (Fsp3) is 0.500. The molecule has 7 heavy (non-hydrogen) atoms. The van der Waals surface area contributed by atoms with E-state index in [2.05, 4.69) is 42.2 Å². The van der Waals surface area contributed by atoms with E-state index in [9.17, 15) is 0 Å². The van der Waals surface area contributed by atoms with Gasteiger partial charge in [-0.05, 0) is 41.5 Å². The van der Waals surface area contributed by atoms with E-state index in [1.165, 1.54) is 5.57 Å². The first-order valence-corrected chi connectivity index (χ1v) is 3.56. The van der Waals surface area contributed by atoms with Gasteiger partial charge in [0.2, 0.25) is 0 Å². The molecule has 0 fully saturated rings. The van der Waals surface area contributed by atoms with Crippen molar-refractivity contribution in [1.29, 1.82) is 0 Å². The molecule has 0 bridgehead atoms. The molecule has 0 aliphatic heterocycles. The SMILES string of the molecule is CCC(C)=C=CI. The zero-order valence-corrected chi connectivity index (χ0v) is 6.82. The highest BCUT2D eigenvalue weighted by molar-refractivity contribution is 14.1. The molecule has 0 amide bonds. The van der Waals surface area contributed by atoms with Gasteiger partial charge in [-0.3, -0.25) is 0 Å². The molecule has 0 saturated carbocycles. The summed E-state index contributed by atoms with van der Waals surface area (Å²) >= 11 is 2.17. The molecule has 0 aromatic carbocycles. The molecule has 0 aromatic rings. The lowest BCUT2D eigenvalue weighted by Gasteiger charge is -1.81. The summed E-state index contributed by atoms with van der Waals surface area (Å²) in [6.45, 7) is 4.21. The second kappa shape index (κ2) is 4.41. The first kappa shape index (κ1) is 7.25. The van der Waals surface area contributed by atoms with Gasteiger partial charge in [0.25, 0.3) is 0 Å². The summed E-state index contributed by atoms with van der Waals surface area (Å²) in [6, 6.07) is 0. The van der Waals surface area contributed by atoms with Crippen molar-refractivity contribution in [1.82, 2.24) is 0 Å². The molecule has 0 aromatic heterocycles. The Labute approximate surface area is 58.4 Å². The Morgan fingerprint density at radius 2 is 2.43 bits per heavy atom. The number of rotatable bonds is 1. The average molecular weight is 208 g/mol. The Bertz CT molecular complexity index is 96.7. The predicted octanol–water partition coefficient (Wildman–Crippen LogP) is 2.89. The monoisotopic (exact) mass is 208 g/mol. The maximum atomic E-state index is 3.07. The van der Waals surface area contributed by atoms with Crippen LogP contribution in [0.3, 0.4) is 0 Å². The summed E-state index contributed by atoms with van der Waals surface area (Å²) in [5.41, 5.74) is 4.39. The Kier molecular flexibility index (Phi) is 4.57. The minimum atomic E-state index is 1.11. The van der Waals surface area contributed by atoms with Gasteiger partial charge in [-0.2, -0.15) is 0 Å². The lowest BCUT2D eigenvalue weighted by molar-refractivity contribution is 1.11. The molecule has 0 saturated heterocycles. The lowest BCUT2D eigenvalue weighted by Crippen LogP contribution is -1.61. The summed E-state index contributed by atoms with van der Waals surface area (Å²) in [4.78, 5) is 0. The first-order valence-electron chi connectivity index (χ1n) is 2.32. The third kappa shape index (κ3) is 4.10. The molecule has 0 N–H and O–H groups in total. The normalized spacial score (nSPS) is 7.29. The lowest BCUT2D eigenvalue weighted by atomic mass is 10.3. The Morgan fingerprint density at radius 1 is 1.86 bits per heavy atom. The van der Waals surface area contributed by atoms with Crippen molar-refractivity contribution >= 4 is 22.6 Å². The summed E-state index contributed by atoms with van der Waals surface area (Å²) in [5, 5.41) is 0.